The van der Waals surface area contributed by atoms with Crippen LogP contribution in [-0.4, -0.2) is 43.0 Å². The van der Waals surface area contributed by atoms with Crippen LogP contribution in [0.1, 0.15) is 40.2 Å². The maximum absolute atomic E-state index is 14.6. The van der Waals surface area contributed by atoms with E-state index in [2.05, 4.69) is 0 Å². The molecule has 4 atom stereocenters. The van der Waals surface area contributed by atoms with Gasteiger partial charge in [-0.05, 0) is 79.9 Å². The van der Waals surface area contributed by atoms with Crippen LogP contribution in [0, 0.1) is 5.41 Å². The fourth-order valence-corrected chi connectivity index (χ4v) is 7.14. The van der Waals surface area contributed by atoms with Gasteiger partial charge in [0.2, 0.25) is 0 Å². The predicted molar refractivity (Wildman–Crippen MR) is 151 cm³/mol. The molecule has 6 nitrogen and oxygen atoms in total. The quantitative estimate of drug-likeness (QED) is 0.160. The lowest BCUT2D eigenvalue weighted by molar-refractivity contribution is -0.377. The molecule has 12 heteroatoms. The van der Waals surface area contributed by atoms with Gasteiger partial charge in [-0.2, -0.15) is 17.2 Å². The molecule has 1 N–H and O–H groups in total. The van der Waals surface area contributed by atoms with Gasteiger partial charge in [-0.1, -0.05) is 39.0 Å². The number of benzene rings is 3. The largest absolute Gasteiger partial charge is 0.483 e. The minimum Gasteiger partial charge on any atom is -0.483 e. The zero-order valence-electron chi connectivity index (χ0n) is 23.7. The fourth-order valence-electron chi connectivity index (χ4n) is 4.61. The number of halogens is 4. The Hall–Kier alpha value is -2.64. The van der Waals surface area contributed by atoms with E-state index < -0.39 is 62.2 Å². The molecule has 3 aromatic rings. The van der Waals surface area contributed by atoms with Gasteiger partial charge in [0.1, 0.15) is 18.5 Å². The van der Waals surface area contributed by atoms with Crippen LogP contribution in [0.2, 0.25) is 0 Å². The summed E-state index contributed by atoms with van der Waals surface area (Å²) in [5, 5.41) is -4.49. The van der Waals surface area contributed by atoms with E-state index in [0.717, 1.165) is 21.6 Å². The second-order valence-electron chi connectivity index (χ2n) is 11.3. The van der Waals surface area contributed by atoms with Crippen molar-refractivity contribution < 1.29 is 44.7 Å². The third kappa shape index (κ3) is 6.62. The Bertz CT molecular complexity index is 1480. The summed E-state index contributed by atoms with van der Waals surface area (Å²) in [5.41, 5.74) is -0.255. The number of hydrogen-bond donors (Lipinski definition) is 1. The molecule has 1 heterocycles. The summed E-state index contributed by atoms with van der Waals surface area (Å²) in [5.74, 6) is -4.54. The van der Waals surface area contributed by atoms with Crippen molar-refractivity contribution in [2.75, 3.05) is 6.61 Å². The van der Waals surface area contributed by atoms with E-state index in [1.54, 1.807) is 52.0 Å². The minimum absolute atomic E-state index is 0.00809. The summed E-state index contributed by atoms with van der Waals surface area (Å²) in [7, 11) is -6.33. The Morgan fingerprint density at radius 2 is 1.43 bits per heavy atom. The van der Waals surface area contributed by atoms with Gasteiger partial charge < -0.3 is 14.2 Å². The molecular weight excluding hydrogens is 596 g/mol. The van der Waals surface area contributed by atoms with Crippen LogP contribution in [0.4, 0.5) is 17.6 Å². The molecule has 1 aliphatic heterocycles. The van der Waals surface area contributed by atoms with E-state index in [1.165, 1.54) is 12.1 Å². The summed E-state index contributed by atoms with van der Waals surface area (Å²) in [6.07, 6.45) is -3.50. The monoisotopic (exact) mass is 629 g/mol. The Morgan fingerprint density at radius 1 is 0.929 bits per heavy atom. The van der Waals surface area contributed by atoms with Gasteiger partial charge >= 0.3 is 15.4 Å². The molecule has 42 heavy (non-hydrogen) atoms. The van der Waals surface area contributed by atoms with Gasteiger partial charge in [-0.15, -0.1) is 0 Å². The van der Waals surface area contributed by atoms with Crippen molar-refractivity contribution >= 4 is 21.0 Å². The molecule has 0 spiro atoms. The third-order valence-electron chi connectivity index (χ3n) is 6.84. The van der Waals surface area contributed by atoms with Crippen LogP contribution in [0.25, 0.3) is 0 Å². The molecule has 0 aliphatic carbocycles. The molecule has 1 fully saturated rings. The highest BCUT2D eigenvalue weighted by Gasteiger charge is 2.56. The molecule has 1 saturated heterocycles. The third-order valence-corrected chi connectivity index (χ3v) is 10.1. The minimum atomic E-state index is -5.66. The standard InChI is InChI=1S/C30H32F4O6S2/c1-20(30(33,34)42(35,36)37)39-22-13-17-25(18-14-22)41(23-9-7-6-8-10-23)24-15-11-21(12-16-24)28(5)38-19-29(31,32)26(40-28)27(2,3)4/h6-18,20,26H,19H2,1-5H3/p+1. The molecule has 0 radical (unpaired) electrons. The van der Waals surface area contributed by atoms with E-state index in [4.69, 9.17) is 18.8 Å². The lowest BCUT2D eigenvalue weighted by Crippen LogP contribution is -2.57. The maximum atomic E-state index is 14.6. The second kappa shape index (κ2) is 11.5. The normalized spacial score (nSPS) is 22.8. The lowest BCUT2D eigenvalue weighted by atomic mass is 9.84. The van der Waals surface area contributed by atoms with Crippen molar-refractivity contribution in [2.45, 2.75) is 78.5 Å². The number of alkyl halides is 4. The Kier molecular flexibility index (Phi) is 8.81. The molecule has 4 rings (SSSR count). The van der Waals surface area contributed by atoms with Crippen molar-refractivity contribution in [3.63, 3.8) is 0 Å². The second-order valence-corrected chi connectivity index (χ2v) is 14.8. The van der Waals surface area contributed by atoms with Crippen LogP contribution < -0.4 is 4.74 Å². The SMILES string of the molecule is CC(Oc1ccc([S+](c2ccccc2)c2ccc(C3(C)OCC(F)(F)C(C(C)(C)C)O3)cc2)cc1)C(F)(F)S(=O)(=O)O. The van der Waals surface area contributed by atoms with Crippen LogP contribution in [0.5, 0.6) is 5.75 Å². The lowest BCUT2D eigenvalue weighted by Gasteiger charge is -2.47. The van der Waals surface area contributed by atoms with Crippen molar-refractivity contribution in [1.29, 1.82) is 0 Å². The molecule has 4 unspecified atom stereocenters. The first kappa shape index (κ1) is 32.3. The van der Waals surface area contributed by atoms with Crippen molar-refractivity contribution in [3.8, 4) is 5.75 Å². The maximum Gasteiger partial charge on any atom is 0.405 e. The van der Waals surface area contributed by atoms with Crippen LogP contribution in [-0.2, 0) is 36.3 Å². The highest BCUT2D eigenvalue weighted by molar-refractivity contribution is 7.97. The number of ether oxygens (including phenoxy) is 3. The summed E-state index contributed by atoms with van der Waals surface area (Å²) in [6.45, 7) is 6.79. The first-order valence-corrected chi connectivity index (χ1v) is 15.7. The van der Waals surface area contributed by atoms with Crippen molar-refractivity contribution in [1.82, 2.24) is 0 Å². The topological polar surface area (TPSA) is 82.1 Å². The molecule has 0 bridgehead atoms. The van der Waals surface area contributed by atoms with Crippen molar-refractivity contribution in [3.05, 3.63) is 84.4 Å². The van der Waals surface area contributed by atoms with Crippen LogP contribution in [0.3, 0.4) is 0 Å². The van der Waals surface area contributed by atoms with Crippen LogP contribution >= 0.6 is 0 Å². The molecule has 3 aromatic carbocycles. The van der Waals surface area contributed by atoms with E-state index >= 15 is 0 Å². The Labute approximate surface area is 246 Å². The Morgan fingerprint density at radius 3 is 1.93 bits per heavy atom. The number of rotatable bonds is 8. The zero-order chi connectivity index (χ0) is 31.1. The summed E-state index contributed by atoms with van der Waals surface area (Å²) in [6, 6.07) is 23.1. The van der Waals surface area contributed by atoms with E-state index in [9.17, 15) is 26.0 Å². The number of hydrogen-bond acceptors (Lipinski definition) is 5. The Balaban J connectivity index is 1.63. The molecule has 1 aliphatic rings. The van der Waals surface area contributed by atoms with Gasteiger partial charge in [0.15, 0.2) is 26.6 Å². The zero-order valence-corrected chi connectivity index (χ0v) is 25.3. The average Bonchev–Trinajstić information content (AvgIpc) is 2.91. The van der Waals surface area contributed by atoms with Gasteiger partial charge in [-0.3, -0.25) is 4.55 Å². The van der Waals surface area contributed by atoms with E-state index in [-0.39, 0.29) is 5.75 Å². The van der Waals surface area contributed by atoms with E-state index in [1.807, 2.05) is 42.5 Å². The summed E-state index contributed by atoms with van der Waals surface area (Å²) in [4.78, 5) is 2.63. The van der Waals surface area contributed by atoms with Gasteiger partial charge in [0, 0.05) is 5.56 Å². The molecule has 0 aromatic heterocycles. The average molecular weight is 630 g/mol. The van der Waals surface area contributed by atoms with Gasteiger partial charge in [0.05, 0.1) is 10.9 Å². The first-order chi connectivity index (χ1) is 19.3. The smallest absolute Gasteiger partial charge is 0.405 e. The molecule has 228 valence electrons. The molecule has 0 saturated carbocycles. The highest BCUT2D eigenvalue weighted by Crippen LogP contribution is 2.46. The molecule has 0 amide bonds. The fraction of sp³-hybridized carbons (Fsp3) is 0.400. The van der Waals surface area contributed by atoms with Crippen LogP contribution in [0.15, 0.2) is 93.5 Å². The van der Waals surface area contributed by atoms with E-state index in [0.29, 0.717) is 5.56 Å². The first-order valence-electron chi connectivity index (χ1n) is 13.1. The van der Waals surface area contributed by atoms with Crippen molar-refractivity contribution in [2.24, 2.45) is 5.41 Å². The summed E-state index contributed by atoms with van der Waals surface area (Å²) >= 11 is 0. The van der Waals surface area contributed by atoms with Gasteiger partial charge in [0.25, 0.3) is 5.92 Å². The summed E-state index contributed by atoms with van der Waals surface area (Å²) < 4.78 is 105. The van der Waals surface area contributed by atoms with Gasteiger partial charge in [-0.25, -0.2) is 8.78 Å². The molecular formula is C30H33F4O6S2+. The highest BCUT2D eigenvalue weighted by atomic mass is 32.2. The predicted octanol–water partition coefficient (Wildman–Crippen LogP) is 7.30.